The lowest BCUT2D eigenvalue weighted by molar-refractivity contribution is -0.153. The highest BCUT2D eigenvalue weighted by molar-refractivity contribution is 6.82. The molecule has 1 atom stereocenters. The van der Waals surface area contributed by atoms with Gasteiger partial charge in [-0.05, 0) is 36.8 Å². The van der Waals surface area contributed by atoms with Gasteiger partial charge in [-0.15, -0.1) is 6.58 Å². The number of hydrogen-bond acceptors (Lipinski definition) is 5. The number of nitrogens with zero attached hydrogens (tertiary/aromatic N) is 2. The number of anilines is 1. The summed E-state index contributed by atoms with van der Waals surface area (Å²) in [6.45, 7) is 5.40. The van der Waals surface area contributed by atoms with Crippen LogP contribution in [0, 0.1) is 0 Å². The van der Waals surface area contributed by atoms with Crippen molar-refractivity contribution in [2.75, 3.05) is 12.0 Å². The van der Waals surface area contributed by atoms with Crippen LogP contribution in [0.3, 0.4) is 0 Å². The molecule has 2 rings (SSSR count). The maximum atomic E-state index is 12.7. The van der Waals surface area contributed by atoms with E-state index < -0.39 is 17.9 Å². The van der Waals surface area contributed by atoms with Crippen molar-refractivity contribution in [2.45, 2.75) is 19.6 Å². The molecule has 0 saturated heterocycles. The van der Waals surface area contributed by atoms with Crippen LogP contribution in [0.5, 0.6) is 0 Å². The Labute approximate surface area is 179 Å². The molecular weight excluding hydrogens is 413 g/mol. The van der Waals surface area contributed by atoms with Crippen LogP contribution in [0.2, 0.25) is 5.02 Å². The van der Waals surface area contributed by atoms with Gasteiger partial charge in [0.25, 0.3) is 5.91 Å². The molecule has 0 aromatic heterocycles. The summed E-state index contributed by atoms with van der Waals surface area (Å²) in [5, 5.41) is 4.12. The van der Waals surface area contributed by atoms with Crippen molar-refractivity contribution in [2.24, 2.45) is 5.10 Å². The number of hydrogen-bond donors (Lipinski definition) is 1. The average Bonchev–Trinajstić information content (AvgIpc) is 2.75. The third kappa shape index (κ3) is 6.93. The van der Waals surface area contributed by atoms with Crippen molar-refractivity contribution in [3.05, 3.63) is 77.8 Å². The molecule has 152 valence electrons. The third-order valence-electron chi connectivity index (χ3n) is 3.92. The summed E-state index contributed by atoms with van der Waals surface area (Å²) in [6.07, 6.45) is 1.50. The Morgan fingerprint density at radius 2 is 1.86 bits per heavy atom. The summed E-state index contributed by atoms with van der Waals surface area (Å²) in [4.78, 5) is 26.3. The highest BCUT2D eigenvalue weighted by atomic mass is 35.5. The average molecular weight is 434 g/mol. The molecule has 2 aromatic carbocycles. The van der Waals surface area contributed by atoms with Crippen molar-refractivity contribution in [3.8, 4) is 0 Å². The monoisotopic (exact) mass is 433 g/mol. The first-order chi connectivity index (χ1) is 13.9. The summed E-state index contributed by atoms with van der Waals surface area (Å²) >= 11 is 11.9. The highest BCUT2D eigenvalue weighted by Gasteiger charge is 2.28. The zero-order valence-corrected chi connectivity index (χ0v) is 17.4. The van der Waals surface area contributed by atoms with Gasteiger partial charge in [-0.25, -0.2) is 4.79 Å². The molecule has 0 saturated carbocycles. The molecule has 0 aliphatic heterocycles. The second-order valence-electron chi connectivity index (χ2n) is 6.04. The number of nitrogens with one attached hydrogen (secondary N) is 1. The Morgan fingerprint density at radius 3 is 2.48 bits per heavy atom. The van der Waals surface area contributed by atoms with Gasteiger partial charge in [0.15, 0.2) is 0 Å². The van der Waals surface area contributed by atoms with Gasteiger partial charge >= 0.3 is 5.97 Å². The molecule has 2 aromatic rings. The summed E-state index contributed by atoms with van der Waals surface area (Å²) in [7, 11) is 0. The first kappa shape index (κ1) is 22.5. The van der Waals surface area contributed by atoms with E-state index in [4.69, 9.17) is 27.9 Å². The van der Waals surface area contributed by atoms with E-state index in [0.717, 1.165) is 5.56 Å². The summed E-state index contributed by atoms with van der Waals surface area (Å²) in [5.74, 6) is -1.18. The number of carbonyl (C=O) groups excluding carboxylic acids is 2. The molecular formula is C21H21Cl2N3O3. The van der Waals surface area contributed by atoms with Crippen molar-refractivity contribution >= 4 is 45.9 Å². The van der Waals surface area contributed by atoms with Gasteiger partial charge in [0, 0.05) is 11.6 Å². The smallest absolute Gasteiger partial charge is 0.328 e. The molecule has 6 nitrogen and oxygen atoms in total. The third-order valence-corrected chi connectivity index (χ3v) is 4.42. The molecule has 0 unspecified atom stereocenters. The van der Waals surface area contributed by atoms with Crippen molar-refractivity contribution in [1.82, 2.24) is 4.90 Å². The summed E-state index contributed by atoms with van der Waals surface area (Å²) in [5.41, 5.74) is 4.12. The fraction of sp³-hybridized carbons (Fsp3) is 0.190. The molecule has 0 bridgehead atoms. The van der Waals surface area contributed by atoms with E-state index >= 15 is 0 Å². The number of benzene rings is 2. The molecule has 0 spiro atoms. The number of amides is 1. The van der Waals surface area contributed by atoms with Crippen LogP contribution in [0.4, 0.5) is 5.69 Å². The predicted molar refractivity (Wildman–Crippen MR) is 116 cm³/mol. The second kappa shape index (κ2) is 11.2. The van der Waals surface area contributed by atoms with Crippen molar-refractivity contribution in [1.29, 1.82) is 0 Å². The van der Waals surface area contributed by atoms with Crippen LogP contribution in [0.25, 0.3) is 0 Å². The standard InChI is InChI=1S/C21H21Cl2N3O3/c1-3-13-26(15(2)21(28)29-14-16-7-5-4-6-8-16)20(27)19(23)25-24-18-11-9-17(22)10-12-18/h3-12,15,24H,1,13-14H2,2H3/b25-19+/t15-/m0/s1. The van der Waals surface area contributed by atoms with E-state index in [1.807, 2.05) is 30.3 Å². The van der Waals surface area contributed by atoms with Gasteiger partial charge in [-0.1, -0.05) is 59.6 Å². The minimum absolute atomic E-state index is 0.104. The molecule has 0 radical (unpaired) electrons. The zero-order chi connectivity index (χ0) is 21.2. The number of ether oxygens (including phenoxy) is 1. The fourth-order valence-corrected chi connectivity index (χ4v) is 2.61. The molecule has 0 fully saturated rings. The van der Waals surface area contributed by atoms with Crippen LogP contribution in [-0.4, -0.2) is 34.5 Å². The van der Waals surface area contributed by atoms with Crippen LogP contribution in [0.1, 0.15) is 12.5 Å². The largest absolute Gasteiger partial charge is 0.459 e. The van der Waals surface area contributed by atoms with Crippen molar-refractivity contribution < 1.29 is 14.3 Å². The SMILES string of the molecule is C=CCN(C(=O)/C(Cl)=N\Nc1ccc(Cl)cc1)[C@@H](C)C(=O)OCc1ccccc1. The maximum absolute atomic E-state index is 12.7. The van der Waals surface area contributed by atoms with Crippen LogP contribution >= 0.6 is 23.2 Å². The Morgan fingerprint density at radius 1 is 1.21 bits per heavy atom. The van der Waals surface area contributed by atoms with Gasteiger partial charge in [-0.2, -0.15) is 5.10 Å². The van der Waals surface area contributed by atoms with Gasteiger partial charge in [0.1, 0.15) is 12.6 Å². The Balaban J connectivity index is 2.02. The van der Waals surface area contributed by atoms with Gasteiger partial charge in [-0.3, -0.25) is 10.2 Å². The van der Waals surface area contributed by atoms with E-state index in [9.17, 15) is 9.59 Å². The van der Waals surface area contributed by atoms with Crippen LogP contribution < -0.4 is 5.43 Å². The maximum Gasteiger partial charge on any atom is 0.328 e. The number of hydrazone groups is 1. The van der Waals surface area contributed by atoms with E-state index in [1.165, 1.54) is 11.0 Å². The second-order valence-corrected chi connectivity index (χ2v) is 6.83. The van der Waals surface area contributed by atoms with E-state index in [2.05, 4.69) is 17.1 Å². The number of halogens is 2. The molecule has 29 heavy (non-hydrogen) atoms. The number of carbonyl (C=O) groups is 2. The van der Waals surface area contributed by atoms with E-state index in [0.29, 0.717) is 10.7 Å². The van der Waals surface area contributed by atoms with Crippen molar-refractivity contribution in [3.63, 3.8) is 0 Å². The van der Waals surface area contributed by atoms with Gasteiger partial charge in [0.2, 0.25) is 5.17 Å². The molecule has 0 aliphatic carbocycles. The lowest BCUT2D eigenvalue weighted by Gasteiger charge is -2.26. The topological polar surface area (TPSA) is 71.0 Å². The van der Waals surface area contributed by atoms with Gasteiger partial charge in [0.05, 0.1) is 5.69 Å². The highest BCUT2D eigenvalue weighted by Crippen LogP contribution is 2.14. The normalized spacial score (nSPS) is 12.0. The van der Waals surface area contributed by atoms with Gasteiger partial charge < -0.3 is 9.64 Å². The minimum atomic E-state index is -0.872. The van der Waals surface area contributed by atoms with Crippen LogP contribution in [0.15, 0.2) is 72.4 Å². The zero-order valence-electron chi connectivity index (χ0n) is 15.8. The Bertz CT molecular complexity index is 870. The fourth-order valence-electron chi connectivity index (χ4n) is 2.34. The molecule has 0 heterocycles. The van der Waals surface area contributed by atoms with E-state index in [1.54, 1.807) is 31.2 Å². The van der Waals surface area contributed by atoms with E-state index in [-0.39, 0.29) is 18.3 Å². The Kier molecular flexibility index (Phi) is 8.70. The molecule has 8 heteroatoms. The summed E-state index contributed by atoms with van der Waals surface area (Å²) in [6, 6.07) is 15.1. The molecule has 0 aliphatic rings. The molecule has 1 amide bonds. The lowest BCUT2D eigenvalue weighted by Crippen LogP contribution is -2.46. The molecule has 1 N–H and O–H groups in total. The Hall–Kier alpha value is -2.83. The quantitative estimate of drug-likeness (QED) is 0.274. The lowest BCUT2D eigenvalue weighted by atomic mass is 10.2. The van der Waals surface area contributed by atoms with Crippen LogP contribution in [-0.2, 0) is 20.9 Å². The summed E-state index contributed by atoms with van der Waals surface area (Å²) < 4.78 is 5.31. The number of rotatable bonds is 9. The predicted octanol–water partition coefficient (Wildman–Crippen LogP) is 4.45. The first-order valence-electron chi connectivity index (χ1n) is 8.79. The number of esters is 1. The minimum Gasteiger partial charge on any atom is -0.459 e. The first-order valence-corrected chi connectivity index (χ1v) is 9.55.